The fourth-order valence-electron chi connectivity index (χ4n) is 8.72. The van der Waals surface area contributed by atoms with E-state index in [2.05, 4.69) is 19.2 Å². The lowest BCUT2D eigenvalue weighted by atomic mass is 9.85. The van der Waals surface area contributed by atoms with Gasteiger partial charge in [-0.05, 0) is 12.8 Å². The summed E-state index contributed by atoms with van der Waals surface area (Å²) >= 11 is 0. The van der Waals surface area contributed by atoms with Gasteiger partial charge in [0.1, 0.15) is 36.6 Å². The molecule has 9 N–H and O–H groups in total. The largest absolute Gasteiger partial charge is 0.472 e. The summed E-state index contributed by atoms with van der Waals surface area (Å²) in [5.74, 6) is -0.555. The van der Waals surface area contributed by atoms with E-state index in [4.69, 9.17) is 9.05 Å². The van der Waals surface area contributed by atoms with Gasteiger partial charge in [-0.25, -0.2) is 4.57 Å². The van der Waals surface area contributed by atoms with Crippen LogP contribution in [0, 0.1) is 0 Å². The third-order valence-electron chi connectivity index (χ3n) is 13.0. The van der Waals surface area contributed by atoms with E-state index < -0.39 is 75.2 Å². The molecule has 1 aliphatic carbocycles. The van der Waals surface area contributed by atoms with Crippen molar-refractivity contribution in [1.29, 1.82) is 0 Å². The van der Waals surface area contributed by atoms with Crippen molar-refractivity contribution in [2.45, 2.75) is 300 Å². The molecule has 0 aliphatic heterocycles. The second kappa shape index (κ2) is 39.3. The molecule has 0 bridgehead atoms. The molecule has 1 rings (SSSR count). The van der Waals surface area contributed by atoms with E-state index in [-0.39, 0.29) is 12.8 Å². The highest BCUT2D eigenvalue weighted by atomic mass is 31.2. The Labute approximate surface area is 383 Å². The van der Waals surface area contributed by atoms with Crippen LogP contribution < -0.4 is 5.32 Å². The zero-order valence-corrected chi connectivity index (χ0v) is 40.9. The maximum Gasteiger partial charge on any atom is 0.472 e. The number of hydrogen-bond acceptors (Lipinski definition) is 11. The zero-order chi connectivity index (χ0) is 46.6. The van der Waals surface area contributed by atoms with Gasteiger partial charge in [-0.15, -0.1) is 0 Å². The first-order valence-electron chi connectivity index (χ1n) is 26.1. The molecule has 8 atom stereocenters. The molecule has 1 amide bonds. The highest BCUT2D eigenvalue weighted by molar-refractivity contribution is 7.47. The van der Waals surface area contributed by atoms with Gasteiger partial charge in [-0.1, -0.05) is 226 Å². The molecule has 13 nitrogen and oxygen atoms in total. The lowest BCUT2D eigenvalue weighted by molar-refractivity contribution is -0.220. The number of unbranched alkanes of at least 4 members (excludes halogenated alkanes) is 31. The van der Waals surface area contributed by atoms with E-state index in [1.165, 1.54) is 154 Å². The topological polar surface area (TPSA) is 226 Å². The first kappa shape index (κ1) is 60.3. The molecule has 8 unspecified atom stereocenters. The SMILES string of the molecule is CCCCCCCCCCCCCCCCCCCCCC(O)C(COP(=O)(O)OC1C(O)C(O)C(O)C(O)C1O)NC(=O)CC(O)CCCCCCCCCCCCCCCC. The summed E-state index contributed by atoms with van der Waals surface area (Å²) in [6, 6.07) is -1.15. The monoisotopic (exact) mass is 924 g/mol. The summed E-state index contributed by atoms with van der Waals surface area (Å²) < 4.78 is 23.0. The van der Waals surface area contributed by atoms with Gasteiger partial charge in [0.2, 0.25) is 5.91 Å². The van der Waals surface area contributed by atoms with Crippen molar-refractivity contribution < 1.29 is 59.0 Å². The van der Waals surface area contributed by atoms with Crippen LogP contribution in [0.2, 0.25) is 0 Å². The van der Waals surface area contributed by atoms with Gasteiger partial charge in [0, 0.05) is 0 Å². The van der Waals surface area contributed by atoms with E-state index in [0.717, 1.165) is 51.4 Å². The number of phosphoric acid groups is 1. The van der Waals surface area contributed by atoms with Gasteiger partial charge in [0.25, 0.3) is 0 Å². The molecule has 0 saturated heterocycles. The third-order valence-corrected chi connectivity index (χ3v) is 14.0. The molecule has 1 aliphatic rings. The molecule has 0 aromatic rings. The molecular weight excluding hydrogens is 826 g/mol. The number of aliphatic hydroxyl groups is 7. The smallest absolute Gasteiger partial charge is 0.393 e. The third kappa shape index (κ3) is 31.1. The number of nitrogens with one attached hydrogen (secondary N) is 1. The van der Waals surface area contributed by atoms with Crippen LogP contribution in [0.25, 0.3) is 0 Å². The average molecular weight is 924 g/mol. The molecule has 376 valence electrons. The normalized spacial score (nSPS) is 22.8. The molecule has 63 heavy (non-hydrogen) atoms. The van der Waals surface area contributed by atoms with E-state index in [1.54, 1.807) is 0 Å². The molecular formula is C49H98NO12P. The van der Waals surface area contributed by atoms with Gasteiger partial charge in [0.15, 0.2) is 0 Å². The lowest BCUT2D eigenvalue weighted by Gasteiger charge is -2.41. The van der Waals surface area contributed by atoms with E-state index in [9.17, 15) is 50.0 Å². The van der Waals surface area contributed by atoms with Crippen LogP contribution in [0.1, 0.15) is 245 Å². The summed E-state index contributed by atoms with van der Waals surface area (Å²) in [5, 5.41) is 74.8. The standard InChI is InChI=1S/C49H98NO12P/c1-3-5-7-9-11-13-15-17-19-20-21-22-23-25-27-29-31-33-35-37-42(52)41(39-61-63(59,60)62-49-47(57)45(55)44(54)46(56)48(49)58)50-43(53)38-40(51)36-34-32-30-28-26-24-18-16-14-12-10-8-6-4-2/h40-42,44-49,51-52,54-58H,3-39H2,1-2H3,(H,50,53)(H,59,60). The maximum absolute atomic E-state index is 13.1. The van der Waals surface area contributed by atoms with Gasteiger partial charge in [-0.3, -0.25) is 13.8 Å². The summed E-state index contributed by atoms with van der Waals surface area (Å²) in [5.41, 5.74) is 0. The number of aliphatic hydroxyl groups excluding tert-OH is 7. The molecule has 0 aromatic carbocycles. The maximum atomic E-state index is 13.1. The van der Waals surface area contributed by atoms with Crippen molar-refractivity contribution in [3.05, 3.63) is 0 Å². The predicted octanol–water partition coefficient (Wildman–Crippen LogP) is 9.60. The fraction of sp³-hybridized carbons (Fsp3) is 0.980. The molecule has 0 radical (unpaired) electrons. The van der Waals surface area contributed by atoms with E-state index in [0.29, 0.717) is 12.8 Å². The van der Waals surface area contributed by atoms with Crippen LogP contribution in [-0.4, -0.2) is 108 Å². The highest BCUT2D eigenvalue weighted by Crippen LogP contribution is 2.47. The Morgan fingerprint density at radius 2 is 0.794 bits per heavy atom. The Morgan fingerprint density at radius 1 is 0.492 bits per heavy atom. The predicted molar refractivity (Wildman–Crippen MR) is 252 cm³/mol. The minimum Gasteiger partial charge on any atom is -0.393 e. The van der Waals surface area contributed by atoms with Gasteiger partial charge in [-0.2, -0.15) is 0 Å². The number of carbonyl (C=O) groups excluding carboxylic acids is 1. The zero-order valence-electron chi connectivity index (χ0n) is 40.0. The van der Waals surface area contributed by atoms with Crippen LogP contribution in [-0.2, 0) is 18.4 Å². The van der Waals surface area contributed by atoms with Crippen molar-refractivity contribution in [3.63, 3.8) is 0 Å². The summed E-state index contributed by atoms with van der Waals surface area (Å²) in [4.78, 5) is 23.5. The Kier molecular flexibility index (Phi) is 37.6. The summed E-state index contributed by atoms with van der Waals surface area (Å²) in [6.07, 6.45) is 27.1. The summed E-state index contributed by atoms with van der Waals surface area (Å²) in [6.45, 7) is 3.82. The first-order valence-corrected chi connectivity index (χ1v) is 27.6. The molecule has 14 heteroatoms. The Balaban J connectivity index is 2.45. The van der Waals surface area contributed by atoms with Gasteiger partial charge in [0.05, 0.1) is 31.3 Å². The number of rotatable bonds is 44. The minimum atomic E-state index is -5.12. The van der Waals surface area contributed by atoms with Crippen LogP contribution in [0.15, 0.2) is 0 Å². The highest BCUT2D eigenvalue weighted by Gasteiger charge is 2.51. The molecule has 0 spiro atoms. The van der Waals surface area contributed by atoms with E-state index >= 15 is 0 Å². The summed E-state index contributed by atoms with van der Waals surface area (Å²) in [7, 11) is -5.12. The second-order valence-corrected chi connectivity index (χ2v) is 20.3. The van der Waals surface area contributed by atoms with Crippen LogP contribution in [0.4, 0.5) is 0 Å². The Morgan fingerprint density at radius 3 is 1.14 bits per heavy atom. The van der Waals surface area contributed by atoms with Gasteiger partial charge >= 0.3 is 7.82 Å². The van der Waals surface area contributed by atoms with Crippen molar-refractivity contribution >= 4 is 13.7 Å². The van der Waals surface area contributed by atoms with Crippen molar-refractivity contribution in [2.24, 2.45) is 0 Å². The number of amides is 1. The fourth-order valence-corrected chi connectivity index (χ4v) is 9.69. The minimum absolute atomic E-state index is 0.216. The van der Waals surface area contributed by atoms with E-state index in [1.807, 2.05) is 0 Å². The Hall–Kier alpha value is -0.700. The molecule has 0 heterocycles. The molecule has 0 aromatic heterocycles. The average Bonchev–Trinajstić information content (AvgIpc) is 3.26. The van der Waals surface area contributed by atoms with Crippen LogP contribution in [0.5, 0.6) is 0 Å². The number of carbonyl (C=O) groups is 1. The van der Waals surface area contributed by atoms with Crippen LogP contribution >= 0.6 is 7.82 Å². The van der Waals surface area contributed by atoms with Crippen molar-refractivity contribution in [3.8, 4) is 0 Å². The first-order chi connectivity index (χ1) is 30.3. The molecule has 1 saturated carbocycles. The lowest BCUT2D eigenvalue weighted by Crippen LogP contribution is -2.64. The van der Waals surface area contributed by atoms with Crippen LogP contribution in [0.3, 0.4) is 0 Å². The quantitative estimate of drug-likeness (QED) is 0.0206. The van der Waals surface area contributed by atoms with Gasteiger partial charge < -0.3 is 46.0 Å². The second-order valence-electron chi connectivity index (χ2n) is 18.9. The Bertz CT molecular complexity index is 1090. The molecule has 1 fully saturated rings. The van der Waals surface area contributed by atoms with Crippen molar-refractivity contribution in [2.75, 3.05) is 6.61 Å². The number of hydrogen-bond donors (Lipinski definition) is 9. The number of phosphoric ester groups is 1. The van der Waals surface area contributed by atoms with Crippen molar-refractivity contribution in [1.82, 2.24) is 5.32 Å².